The molecule has 0 rings (SSSR count). The summed E-state index contributed by atoms with van der Waals surface area (Å²) < 4.78 is 0. The molecule has 106 valence electrons. The largest absolute Gasteiger partial charge is 0.480 e. The first kappa shape index (κ1) is 16.7. The molecule has 0 fully saturated rings. The highest BCUT2D eigenvalue weighted by Crippen LogP contribution is 2.04. The van der Waals surface area contributed by atoms with Crippen molar-refractivity contribution in [2.75, 3.05) is 13.2 Å². The number of unbranched alkanes of at least 4 members (excludes halogenated alkanes) is 1. The summed E-state index contributed by atoms with van der Waals surface area (Å²) in [4.78, 5) is 22.1. The number of aliphatic hydroxyl groups excluding tert-OH is 1. The number of carbonyl (C=O) groups is 2. The van der Waals surface area contributed by atoms with Crippen LogP contribution in [-0.2, 0) is 4.79 Å². The number of urea groups is 1. The number of carboxylic acids is 1. The Morgan fingerprint density at radius 1 is 1.17 bits per heavy atom. The van der Waals surface area contributed by atoms with E-state index in [0.717, 1.165) is 19.3 Å². The maximum Gasteiger partial charge on any atom is 0.326 e. The summed E-state index contributed by atoms with van der Waals surface area (Å²) in [6.45, 7) is 4.55. The van der Waals surface area contributed by atoms with E-state index in [1.807, 2.05) is 0 Å². The SMILES string of the molecule is CC(C)CCCCNC(=O)NC(CCO)C(=O)O. The predicted molar refractivity (Wildman–Crippen MR) is 68.4 cm³/mol. The van der Waals surface area contributed by atoms with Crippen LogP contribution in [0.25, 0.3) is 0 Å². The number of hydrogen-bond acceptors (Lipinski definition) is 3. The summed E-state index contributed by atoms with van der Waals surface area (Å²) in [5.74, 6) is -0.487. The zero-order chi connectivity index (χ0) is 14.0. The molecule has 0 bridgehead atoms. The van der Waals surface area contributed by atoms with E-state index in [-0.39, 0.29) is 13.0 Å². The smallest absolute Gasteiger partial charge is 0.326 e. The van der Waals surface area contributed by atoms with Crippen LogP contribution in [0.5, 0.6) is 0 Å². The lowest BCUT2D eigenvalue weighted by molar-refractivity contribution is -0.139. The number of rotatable bonds is 9. The van der Waals surface area contributed by atoms with Crippen LogP contribution in [-0.4, -0.2) is 41.4 Å². The standard InChI is InChI=1S/C12H24N2O4/c1-9(2)5-3-4-7-13-12(18)14-10(6-8-15)11(16)17/h9-10,15H,3-8H2,1-2H3,(H,16,17)(H2,13,14,18). The van der Waals surface area contributed by atoms with Crippen molar-refractivity contribution in [2.24, 2.45) is 5.92 Å². The Hall–Kier alpha value is -1.30. The molecular formula is C12H24N2O4. The van der Waals surface area contributed by atoms with E-state index in [9.17, 15) is 9.59 Å². The van der Waals surface area contributed by atoms with E-state index in [0.29, 0.717) is 12.5 Å². The van der Waals surface area contributed by atoms with Crippen LogP contribution in [0.1, 0.15) is 39.5 Å². The predicted octanol–water partition coefficient (Wildman–Crippen LogP) is 0.948. The van der Waals surface area contributed by atoms with Crippen molar-refractivity contribution in [3.05, 3.63) is 0 Å². The van der Waals surface area contributed by atoms with Gasteiger partial charge in [-0.25, -0.2) is 9.59 Å². The molecule has 1 unspecified atom stereocenters. The molecule has 6 heteroatoms. The molecule has 0 aromatic rings. The van der Waals surface area contributed by atoms with Crippen LogP contribution >= 0.6 is 0 Å². The van der Waals surface area contributed by atoms with E-state index in [2.05, 4.69) is 24.5 Å². The zero-order valence-electron chi connectivity index (χ0n) is 11.1. The third-order valence-electron chi connectivity index (χ3n) is 2.52. The lowest BCUT2D eigenvalue weighted by Crippen LogP contribution is -2.46. The van der Waals surface area contributed by atoms with E-state index in [1.54, 1.807) is 0 Å². The quantitative estimate of drug-likeness (QED) is 0.464. The van der Waals surface area contributed by atoms with Gasteiger partial charge in [0.2, 0.25) is 0 Å². The highest BCUT2D eigenvalue weighted by atomic mass is 16.4. The average Bonchev–Trinajstić information content (AvgIpc) is 2.27. The first-order valence-corrected chi connectivity index (χ1v) is 6.35. The fourth-order valence-corrected chi connectivity index (χ4v) is 1.48. The van der Waals surface area contributed by atoms with Crippen molar-refractivity contribution in [3.63, 3.8) is 0 Å². The minimum Gasteiger partial charge on any atom is -0.480 e. The third kappa shape index (κ3) is 8.81. The first-order valence-electron chi connectivity index (χ1n) is 6.35. The Kier molecular flexibility index (Phi) is 9.00. The van der Waals surface area contributed by atoms with Gasteiger partial charge in [0, 0.05) is 19.6 Å². The first-order chi connectivity index (χ1) is 8.47. The number of aliphatic hydroxyl groups is 1. The highest BCUT2D eigenvalue weighted by molar-refractivity contribution is 5.82. The van der Waals surface area contributed by atoms with Gasteiger partial charge in [-0.3, -0.25) is 0 Å². The number of carbonyl (C=O) groups excluding carboxylic acids is 1. The molecule has 0 aromatic heterocycles. The van der Waals surface area contributed by atoms with Crippen molar-refractivity contribution in [1.82, 2.24) is 10.6 Å². The fraction of sp³-hybridized carbons (Fsp3) is 0.833. The minimum atomic E-state index is -1.14. The van der Waals surface area contributed by atoms with Crippen molar-refractivity contribution in [3.8, 4) is 0 Å². The molecule has 0 aliphatic rings. The summed E-state index contributed by atoms with van der Waals surface area (Å²) in [6.07, 6.45) is 3.04. The van der Waals surface area contributed by atoms with Crippen LogP contribution in [0.4, 0.5) is 4.79 Å². The van der Waals surface area contributed by atoms with E-state index >= 15 is 0 Å². The van der Waals surface area contributed by atoms with Gasteiger partial charge in [0.25, 0.3) is 0 Å². The van der Waals surface area contributed by atoms with Crippen molar-refractivity contribution in [1.29, 1.82) is 0 Å². The molecule has 0 aromatic carbocycles. The van der Waals surface area contributed by atoms with Gasteiger partial charge in [0.15, 0.2) is 0 Å². The van der Waals surface area contributed by atoms with Crippen molar-refractivity contribution >= 4 is 12.0 Å². The van der Waals surface area contributed by atoms with E-state index < -0.39 is 18.0 Å². The van der Waals surface area contributed by atoms with Crippen LogP contribution < -0.4 is 10.6 Å². The average molecular weight is 260 g/mol. The van der Waals surface area contributed by atoms with Crippen LogP contribution in [0, 0.1) is 5.92 Å². The molecule has 18 heavy (non-hydrogen) atoms. The normalized spacial score (nSPS) is 12.2. The highest BCUT2D eigenvalue weighted by Gasteiger charge is 2.18. The lowest BCUT2D eigenvalue weighted by Gasteiger charge is -2.14. The Morgan fingerprint density at radius 2 is 1.83 bits per heavy atom. The van der Waals surface area contributed by atoms with E-state index in [1.165, 1.54) is 0 Å². The second kappa shape index (κ2) is 9.70. The Labute approximate surface area is 108 Å². The van der Waals surface area contributed by atoms with Crippen molar-refractivity contribution in [2.45, 2.75) is 45.6 Å². The molecule has 0 aliphatic heterocycles. The number of carboxylic acid groups (broad SMARTS) is 1. The van der Waals surface area contributed by atoms with Crippen LogP contribution in [0.15, 0.2) is 0 Å². The Balaban J connectivity index is 3.71. The minimum absolute atomic E-state index is 0.0100. The second-order valence-corrected chi connectivity index (χ2v) is 4.69. The fourth-order valence-electron chi connectivity index (χ4n) is 1.48. The van der Waals surface area contributed by atoms with Crippen LogP contribution in [0.3, 0.4) is 0 Å². The molecule has 0 radical (unpaired) electrons. The number of aliphatic carboxylic acids is 1. The maximum atomic E-state index is 11.4. The molecule has 0 saturated heterocycles. The van der Waals surface area contributed by atoms with Gasteiger partial charge in [-0.2, -0.15) is 0 Å². The van der Waals surface area contributed by atoms with Gasteiger partial charge in [0.1, 0.15) is 6.04 Å². The molecule has 6 nitrogen and oxygen atoms in total. The van der Waals surface area contributed by atoms with Gasteiger partial charge in [-0.05, 0) is 12.3 Å². The van der Waals surface area contributed by atoms with E-state index in [4.69, 9.17) is 10.2 Å². The lowest BCUT2D eigenvalue weighted by atomic mass is 10.1. The van der Waals surface area contributed by atoms with Gasteiger partial charge in [0.05, 0.1) is 0 Å². The second-order valence-electron chi connectivity index (χ2n) is 4.69. The molecule has 0 saturated carbocycles. The summed E-state index contributed by atoms with van der Waals surface area (Å²) in [5.41, 5.74) is 0. The molecule has 4 N–H and O–H groups in total. The zero-order valence-corrected chi connectivity index (χ0v) is 11.1. The summed E-state index contributed by atoms with van der Waals surface area (Å²) in [5, 5.41) is 22.3. The third-order valence-corrected chi connectivity index (χ3v) is 2.52. The molecular weight excluding hydrogens is 236 g/mol. The van der Waals surface area contributed by atoms with Gasteiger partial charge in [-0.1, -0.05) is 26.7 Å². The number of hydrogen-bond donors (Lipinski definition) is 4. The van der Waals surface area contributed by atoms with Crippen molar-refractivity contribution < 1.29 is 19.8 Å². The Bertz CT molecular complexity index is 256. The molecule has 0 spiro atoms. The van der Waals surface area contributed by atoms with Crippen LogP contribution in [0.2, 0.25) is 0 Å². The monoisotopic (exact) mass is 260 g/mol. The van der Waals surface area contributed by atoms with Gasteiger partial charge >= 0.3 is 12.0 Å². The summed E-state index contributed by atoms with van der Waals surface area (Å²) in [7, 11) is 0. The van der Waals surface area contributed by atoms with Gasteiger partial charge < -0.3 is 20.8 Å². The molecule has 1 atom stereocenters. The number of amides is 2. The summed E-state index contributed by atoms with van der Waals surface area (Å²) >= 11 is 0. The molecule has 0 heterocycles. The molecule has 2 amide bonds. The number of nitrogens with one attached hydrogen (secondary N) is 2. The maximum absolute atomic E-state index is 11.4. The van der Waals surface area contributed by atoms with Gasteiger partial charge in [-0.15, -0.1) is 0 Å². The Morgan fingerprint density at radius 3 is 2.33 bits per heavy atom. The summed E-state index contributed by atoms with van der Waals surface area (Å²) in [6, 6.07) is -1.54. The molecule has 0 aliphatic carbocycles. The topological polar surface area (TPSA) is 98.7 Å².